The Labute approximate surface area is 179 Å². The lowest BCUT2D eigenvalue weighted by atomic mass is 9.46. The molecule has 1 aromatic rings. The van der Waals surface area contributed by atoms with Crippen molar-refractivity contribution in [3.8, 4) is 0 Å². The van der Waals surface area contributed by atoms with E-state index in [-0.39, 0.29) is 40.6 Å². The number of fused-ring (bicyclic) bond motifs is 5. The summed E-state index contributed by atoms with van der Waals surface area (Å²) in [6.07, 6.45) is 9.55. The Morgan fingerprint density at radius 1 is 1.17 bits per heavy atom. The zero-order valence-corrected chi connectivity index (χ0v) is 18.4. The van der Waals surface area contributed by atoms with Crippen LogP contribution in [-0.2, 0) is 11.2 Å². The molecule has 0 bridgehead atoms. The number of likely N-dealkylation sites (N-methyl/N-ethyl adjacent to an activating group) is 1. The van der Waals surface area contributed by atoms with Gasteiger partial charge in [0.15, 0.2) is 0 Å². The number of halogens is 1. The van der Waals surface area contributed by atoms with Gasteiger partial charge in [-0.05, 0) is 85.3 Å². The molecule has 1 aromatic carbocycles. The van der Waals surface area contributed by atoms with Crippen molar-refractivity contribution in [1.82, 2.24) is 4.90 Å². The van der Waals surface area contributed by atoms with Crippen LogP contribution in [0.3, 0.4) is 0 Å². The zero-order chi connectivity index (χ0) is 21.3. The Balaban J connectivity index is 1.56. The van der Waals surface area contributed by atoms with Gasteiger partial charge in [-0.3, -0.25) is 4.79 Å². The summed E-state index contributed by atoms with van der Waals surface area (Å²) in [6.45, 7) is 4.62. The van der Waals surface area contributed by atoms with Gasteiger partial charge in [0, 0.05) is 18.5 Å². The highest BCUT2D eigenvalue weighted by molar-refractivity contribution is 5.89. The summed E-state index contributed by atoms with van der Waals surface area (Å²) >= 11 is 0. The maximum absolute atomic E-state index is 14.6. The van der Waals surface area contributed by atoms with E-state index in [2.05, 4.69) is 19.9 Å². The van der Waals surface area contributed by atoms with Crippen molar-refractivity contribution >= 4 is 5.91 Å². The van der Waals surface area contributed by atoms with Gasteiger partial charge in [0.2, 0.25) is 5.91 Å². The number of hydrogen-bond donors (Lipinski definition) is 1. The number of benzene rings is 1. The minimum absolute atomic E-state index is 0.00696. The van der Waals surface area contributed by atoms with Crippen LogP contribution in [0.5, 0.6) is 0 Å². The summed E-state index contributed by atoms with van der Waals surface area (Å²) in [5, 5.41) is 10.8. The molecular weight excluding hydrogens is 377 g/mol. The summed E-state index contributed by atoms with van der Waals surface area (Å²) in [4.78, 5) is 14.6. The summed E-state index contributed by atoms with van der Waals surface area (Å²) in [7, 11) is 1.93. The number of amides is 1. The minimum Gasteiger partial charge on any atom is -0.393 e. The van der Waals surface area contributed by atoms with Crippen LogP contribution >= 0.6 is 0 Å². The molecule has 30 heavy (non-hydrogen) atoms. The molecule has 0 saturated heterocycles. The molecule has 1 N–H and O–H groups in total. The van der Waals surface area contributed by atoms with Crippen LogP contribution in [0.1, 0.15) is 51.5 Å². The number of nitrogens with zero attached hydrogens (tertiary/aromatic N) is 1. The van der Waals surface area contributed by atoms with Crippen LogP contribution in [0.15, 0.2) is 36.4 Å². The quantitative estimate of drug-likeness (QED) is 0.773. The molecule has 8 atom stereocenters. The van der Waals surface area contributed by atoms with E-state index in [1.54, 1.807) is 18.2 Å². The third-order valence-corrected chi connectivity index (χ3v) is 9.63. The molecule has 3 aliphatic carbocycles. The summed E-state index contributed by atoms with van der Waals surface area (Å²) in [5.41, 5.74) is 0.660. The molecule has 3 unspecified atom stereocenters. The van der Waals surface area contributed by atoms with E-state index in [0.29, 0.717) is 24.2 Å². The van der Waals surface area contributed by atoms with Gasteiger partial charge < -0.3 is 10.0 Å². The molecule has 1 aliphatic heterocycles. The van der Waals surface area contributed by atoms with Crippen molar-refractivity contribution in [1.29, 1.82) is 0 Å². The average Bonchev–Trinajstić information content (AvgIpc) is 3.02. The van der Waals surface area contributed by atoms with Gasteiger partial charge in [-0.25, -0.2) is 4.39 Å². The molecule has 4 aliphatic rings. The van der Waals surface area contributed by atoms with Gasteiger partial charge in [-0.2, -0.15) is 0 Å². The second-order valence-corrected chi connectivity index (χ2v) is 10.9. The van der Waals surface area contributed by atoms with E-state index in [1.807, 2.05) is 24.1 Å². The van der Waals surface area contributed by atoms with Gasteiger partial charge >= 0.3 is 0 Å². The predicted octanol–water partition coefficient (Wildman–Crippen LogP) is 4.59. The lowest BCUT2D eigenvalue weighted by Gasteiger charge is -2.62. The monoisotopic (exact) mass is 411 g/mol. The predicted molar refractivity (Wildman–Crippen MR) is 115 cm³/mol. The van der Waals surface area contributed by atoms with Gasteiger partial charge in [0.1, 0.15) is 5.82 Å². The molecule has 0 spiro atoms. The van der Waals surface area contributed by atoms with E-state index in [4.69, 9.17) is 0 Å². The number of rotatable bonds is 2. The molecule has 0 radical (unpaired) electrons. The summed E-state index contributed by atoms with van der Waals surface area (Å²) in [6, 6.07) is 7.17. The number of aliphatic hydroxyl groups excluding tert-OH is 1. The van der Waals surface area contributed by atoms with Crippen molar-refractivity contribution in [3.05, 3.63) is 47.8 Å². The Morgan fingerprint density at radius 2 is 1.93 bits per heavy atom. The first-order chi connectivity index (χ1) is 14.3. The highest BCUT2D eigenvalue weighted by atomic mass is 19.1. The minimum atomic E-state index is -0.204. The Hall–Kier alpha value is -1.68. The van der Waals surface area contributed by atoms with Crippen molar-refractivity contribution in [2.45, 2.75) is 64.5 Å². The third-order valence-electron chi connectivity index (χ3n) is 9.63. The number of carbonyl (C=O) groups excluding carboxylic acids is 1. The number of hydrogen-bond acceptors (Lipinski definition) is 2. The van der Waals surface area contributed by atoms with Gasteiger partial charge in [0.25, 0.3) is 0 Å². The van der Waals surface area contributed by atoms with Crippen LogP contribution in [-0.4, -0.2) is 35.1 Å². The maximum Gasteiger partial charge on any atom is 0.246 e. The molecule has 3 fully saturated rings. The van der Waals surface area contributed by atoms with Crippen LogP contribution in [0, 0.1) is 40.3 Å². The SMILES string of the molecule is CN1C(=O)C=C[C@@]2(C)C1C(Cc1ccccc1F)C[C@@H]1[C@H]2CC[C@]2(C)C(O)CC[C@@H]12. The van der Waals surface area contributed by atoms with E-state index in [9.17, 15) is 14.3 Å². The molecule has 5 rings (SSSR count). The maximum atomic E-state index is 14.6. The second kappa shape index (κ2) is 6.91. The van der Waals surface area contributed by atoms with Gasteiger partial charge in [-0.1, -0.05) is 38.1 Å². The molecule has 0 aromatic heterocycles. The molecular formula is C26H34FNO2. The summed E-state index contributed by atoms with van der Waals surface area (Å²) < 4.78 is 14.6. The summed E-state index contributed by atoms with van der Waals surface area (Å²) in [5.74, 6) is 1.67. The van der Waals surface area contributed by atoms with Crippen molar-refractivity contribution in [3.63, 3.8) is 0 Å². The van der Waals surface area contributed by atoms with E-state index in [0.717, 1.165) is 37.7 Å². The van der Waals surface area contributed by atoms with Crippen molar-refractivity contribution < 1.29 is 14.3 Å². The zero-order valence-electron chi connectivity index (χ0n) is 18.4. The topological polar surface area (TPSA) is 40.5 Å². The van der Waals surface area contributed by atoms with Crippen LogP contribution < -0.4 is 0 Å². The first-order valence-electron chi connectivity index (χ1n) is 11.6. The fourth-order valence-electron chi connectivity index (χ4n) is 8.17. The van der Waals surface area contributed by atoms with Crippen LogP contribution in [0.25, 0.3) is 0 Å². The van der Waals surface area contributed by atoms with E-state index in [1.165, 1.54) is 0 Å². The molecule has 4 heteroatoms. The second-order valence-electron chi connectivity index (χ2n) is 10.9. The smallest absolute Gasteiger partial charge is 0.246 e. The third kappa shape index (κ3) is 2.75. The Kier molecular flexibility index (Phi) is 4.66. The Bertz CT molecular complexity index is 884. The molecule has 3 nitrogen and oxygen atoms in total. The molecule has 1 heterocycles. The van der Waals surface area contributed by atoms with Crippen molar-refractivity contribution in [2.75, 3.05) is 7.05 Å². The first-order valence-corrected chi connectivity index (χ1v) is 11.6. The highest BCUT2D eigenvalue weighted by Crippen LogP contribution is 2.65. The number of aliphatic hydroxyl groups is 1. The number of carbonyl (C=O) groups is 1. The fourth-order valence-corrected chi connectivity index (χ4v) is 8.17. The molecule has 3 saturated carbocycles. The lowest BCUT2D eigenvalue weighted by Crippen LogP contribution is -2.63. The standard InChI is InChI=1S/C26H34FNO2/c1-25-12-10-20-18(19(25)8-9-22(25)29)15-17(14-16-6-4-5-7-21(16)27)24-26(20,2)13-11-23(30)28(24)3/h4-7,11,13,17-20,22,24,29H,8-10,12,14-15H2,1-3H3/t17?,18-,19-,20+,22?,24?,25-,26+/m0/s1. The molecule has 1 amide bonds. The fraction of sp³-hybridized carbons (Fsp3) is 0.654. The average molecular weight is 412 g/mol. The highest BCUT2D eigenvalue weighted by Gasteiger charge is 2.62. The van der Waals surface area contributed by atoms with Gasteiger partial charge in [0.05, 0.1) is 6.10 Å². The lowest BCUT2D eigenvalue weighted by molar-refractivity contribution is -0.148. The van der Waals surface area contributed by atoms with E-state index >= 15 is 0 Å². The molecule has 162 valence electrons. The largest absolute Gasteiger partial charge is 0.393 e. The van der Waals surface area contributed by atoms with Crippen LogP contribution in [0.4, 0.5) is 4.39 Å². The first kappa shape index (κ1) is 20.2. The van der Waals surface area contributed by atoms with E-state index < -0.39 is 0 Å². The van der Waals surface area contributed by atoms with Crippen molar-refractivity contribution in [2.24, 2.45) is 34.5 Å². The van der Waals surface area contributed by atoms with Crippen LogP contribution in [0.2, 0.25) is 0 Å². The Morgan fingerprint density at radius 3 is 2.70 bits per heavy atom. The normalized spacial score (nSPS) is 45.1. The van der Waals surface area contributed by atoms with Gasteiger partial charge in [-0.15, -0.1) is 0 Å².